The Morgan fingerprint density at radius 1 is 0.462 bits per heavy atom. The lowest BCUT2D eigenvalue weighted by atomic mass is 9.93. The largest absolute Gasteiger partial charge is 0.306 e. The van der Waals surface area contributed by atoms with Crippen LogP contribution in [0.15, 0.2) is 46.2 Å². The summed E-state index contributed by atoms with van der Waals surface area (Å²) >= 11 is 3.33. The van der Waals surface area contributed by atoms with Gasteiger partial charge >= 0.3 is 0 Å². The van der Waals surface area contributed by atoms with Gasteiger partial charge in [0.15, 0.2) is 0 Å². The quantitative estimate of drug-likeness (QED) is 0.0747. The van der Waals surface area contributed by atoms with Crippen LogP contribution >= 0.6 is 22.7 Å². The van der Waals surface area contributed by atoms with Crippen molar-refractivity contribution in [2.24, 2.45) is 11.8 Å². The predicted octanol–water partition coefficient (Wildman–Crippen LogP) is 14.3. The standard InChI is InChI=1S/C46H72N2O2S2/c1-5-9-13-17-19-23-29-37(27-21-15-11-7-3)35-47-43(39-31-25-33-51-39)41-42(45(47)49)44(40-32-26-34-52-40)48(46(41)50)36-38(28-22-16-12-8-4)30-24-20-18-14-10-6-2/h25-26,31-34,37-38H,5-24,27-30,35-36H2,1-4H3/t37-,38-/m1/s1. The third kappa shape index (κ3) is 12.4. The van der Waals surface area contributed by atoms with E-state index in [4.69, 9.17) is 0 Å². The van der Waals surface area contributed by atoms with Gasteiger partial charge in [-0.25, -0.2) is 0 Å². The molecule has 6 heteroatoms. The molecule has 0 N–H and O–H groups in total. The Kier molecular flexibility index (Phi) is 19.9. The van der Waals surface area contributed by atoms with Crippen LogP contribution in [0.2, 0.25) is 0 Å². The van der Waals surface area contributed by atoms with E-state index < -0.39 is 0 Å². The van der Waals surface area contributed by atoms with Crippen LogP contribution in [0.5, 0.6) is 0 Å². The van der Waals surface area contributed by atoms with E-state index in [-0.39, 0.29) is 11.8 Å². The van der Waals surface area contributed by atoms with E-state index in [2.05, 4.69) is 72.5 Å². The fourth-order valence-corrected chi connectivity index (χ4v) is 9.97. The molecule has 0 unspecified atom stereocenters. The summed E-state index contributed by atoms with van der Waals surface area (Å²) in [7, 11) is 0. The van der Waals surface area contributed by atoms with Crippen LogP contribution in [0, 0.1) is 11.8 Å². The number of hydrogen-bond acceptors (Lipinski definition) is 4. The summed E-state index contributed by atoms with van der Waals surface area (Å²) in [6.45, 7) is 10.5. The lowest BCUT2D eigenvalue weighted by Gasteiger charge is -2.29. The molecule has 2 aromatic heterocycles. The van der Waals surface area contributed by atoms with E-state index in [1.807, 2.05) is 0 Å². The van der Waals surface area contributed by atoms with Crippen molar-refractivity contribution in [2.45, 2.75) is 182 Å². The molecule has 2 aliphatic rings. The SMILES string of the molecule is CCCCCCCC[C@@H](CCCCCC)CN1C(=O)C2=C(c3cccs3)N(C[C@H](CCCCCC)CCCCCCCC)C(=O)C2=C1c1cccs1. The van der Waals surface area contributed by atoms with Gasteiger partial charge in [0.2, 0.25) is 0 Å². The number of amides is 2. The molecule has 0 aliphatic carbocycles. The summed E-state index contributed by atoms with van der Waals surface area (Å²) in [4.78, 5) is 36.1. The van der Waals surface area contributed by atoms with E-state index >= 15 is 0 Å². The van der Waals surface area contributed by atoms with Crippen LogP contribution < -0.4 is 0 Å². The van der Waals surface area contributed by atoms with Crippen molar-refractivity contribution in [1.29, 1.82) is 0 Å². The van der Waals surface area contributed by atoms with Crippen LogP contribution in [-0.2, 0) is 9.59 Å². The highest BCUT2D eigenvalue weighted by Gasteiger charge is 2.49. The third-order valence-electron chi connectivity index (χ3n) is 11.4. The van der Waals surface area contributed by atoms with E-state index in [1.54, 1.807) is 22.7 Å². The number of carbonyl (C=O) groups excluding carboxylic acids is 2. The molecule has 2 aliphatic heterocycles. The first-order valence-corrected chi connectivity index (χ1v) is 23.5. The smallest absolute Gasteiger partial charge is 0.261 e. The molecule has 0 fully saturated rings. The number of hydrogen-bond donors (Lipinski definition) is 0. The fraction of sp³-hybridized carbons (Fsp3) is 0.696. The number of unbranched alkanes of at least 4 members (excludes halogenated alkanes) is 16. The van der Waals surface area contributed by atoms with Crippen LogP contribution in [-0.4, -0.2) is 34.7 Å². The van der Waals surface area contributed by atoms with Crippen molar-refractivity contribution in [3.63, 3.8) is 0 Å². The minimum Gasteiger partial charge on any atom is -0.306 e. The van der Waals surface area contributed by atoms with Crippen LogP contribution in [0.3, 0.4) is 0 Å². The summed E-state index contributed by atoms with van der Waals surface area (Å²) in [5.74, 6) is 0.996. The van der Waals surface area contributed by atoms with Gasteiger partial charge in [0.1, 0.15) is 0 Å². The Morgan fingerprint density at radius 2 is 0.769 bits per heavy atom. The first-order valence-electron chi connectivity index (χ1n) is 21.8. The zero-order valence-electron chi connectivity index (χ0n) is 33.5. The number of carbonyl (C=O) groups is 2. The van der Waals surface area contributed by atoms with Gasteiger partial charge in [-0.15, -0.1) is 22.7 Å². The second kappa shape index (κ2) is 24.3. The van der Waals surface area contributed by atoms with Gasteiger partial charge in [0, 0.05) is 13.1 Å². The van der Waals surface area contributed by atoms with Gasteiger partial charge in [-0.05, 0) is 60.4 Å². The molecule has 0 aromatic carbocycles. The minimum absolute atomic E-state index is 0.0505. The maximum atomic E-state index is 14.9. The zero-order valence-corrected chi connectivity index (χ0v) is 35.2. The van der Waals surface area contributed by atoms with Crippen molar-refractivity contribution in [1.82, 2.24) is 9.80 Å². The lowest BCUT2D eigenvalue weighted by Crippen LogP contribution is -2.34. The molecule has 2 amide bonds. The molecule has 4 rings (SSSR count). The van der Waals surface area contributed by atoms with Crippen molar-refractivity contribution in [2.75, 3.05) is 13.1 Å². The highest BCUT2D eigenvalue weighted by atomic mass is 32.1. The Hall–Kier alpha value is -2.18. The number of thiophene rings is 2. The Labute approximate surface area is 326 Å². The second-order valence-corrected chi connectivity index (χ2v) is 17.7. The first kappa shape index (κ1) is 42.6. The van der Waals surface area contributed by atoms with Crippen molar-refractivity contribution in [3.05, 3.63) is 55.9 Å². The van der Waals surface area contributed by atoms with E-state index in [1.165, 1.54) is 128 Å². The number of fused-ring (bicyclic) bond motifs is 1. The van der Waals surface area contributed by atoms with Gasteiger partial charge in [0.25, 0.3) is 11.8 Å². The normalized spacial score (nSPS) is 15.8. The monoisotopic (exact) mass is 749 g/mol. The summed E-state index contributed by atoms with van der Waals surface area (Å²) in [5.41, 5.74) is 3.11. The maximum absolute atomic E-state index is 14.9. The lowest BCUT2D eigenvalue weighted by molar-refractivity contribution is -0.124. The molecule has 0 radical (unpaired) electrons. The molecule has 0 saturated carbocycles. The van der Waals surface area contributed by atoms with E-state index in [0.717, 1.165) is 46.8 Å². The van der Waals surface area contributed by atoms with Crippen molar-refractivity contribution >= 4 is 45.9 Å². The third-order valence-corrected chi connectivity index (χ3v) is 13.2. The first-order chi connectivity index (χ1) is 25.5. The maximum Gasteiger partial charge on any atom is 0.261 e. The van der Waals surface area contributed by atoms with E-state index in [0.29, 0.717) is 36.1 Å². The number of rotatable bonds is 30. The molecule has 2 aromatic rings. The molecule has 4 nitrogen and oxygen atoms in total. The predicted molar refractivity (Wildman–Crippen MR) is 226 cm³/mol. The summed E-state index contributed by atoms with van der Waals surface area (Å²) in [5, 5.41) is 4.19. The Balaban J connectivity index is 1.63. The molecular formula is C46H72N2O2S2. The van der Waals surface area contributed by atoms with Crippen LogP contribution in [0.4, 0.5) is 0 Å². The highest BCUT2D eigenvalue weighted by molar-refractivity contribution is 7.11. The second-order valence-electron chi connectivity index (χ2n) is 15.8. The molecule has 0 spiro atoms. The van der Waals surface area contributed by atoms with Crippen molar-refractivity contribution in [3.8, 4) is 0 Å². The Bertz CT molecular complexity index is 1250. The number of nitrogens with zero attached hydrogens (tertiary/aromatic N) is 2. The summed E-state index contributed by atoms with van der Waals surface area (Å²) < 4.78 is 0. The molecule has 0 bridgehead atoms. The molecule has 52 heavy (non-hydrogen) atoms. The highest BCUT2D eigenvalue weighted by Crippen LogP contribution is 2.49. The van der Waals surface area contributed by atoms with Crippen molar-refractivity contribution < 1.29 is 9.59 Å². The average molecular weight is 749 g/mol. The van der Waals surface area contributed by atoms with Gasteiger partial charge < -0.3 is 9.80 Å². The topological polar surface area (TPSA) is 40.6 Å². The summed E-state index contributed by atoms with van der Waals surface area (Å²) in [6, 6.07) is 8.38. The summed E-state index contributed by atoms with van der Waals surface area (Å²) in [6.07, 6.45) is 30.1. The molecule has 4 heterocycles. The Morgan fingerprint density at radius 3 is 1.08 bits per heavy atom. The molecular weight excluding hydrogens is 677 g/mol. The minimum atomic E-state index is 0.0505. The van der Waals surface area contributed by atoms with Gasteiger partial charge in [0.05, 0.1) is 32.3 Å². The van der Waals surface area contributed by atoms with E-state index in [9.17, 15) is 9.59 Å². The van der Waals surface area contributed by atoms with Crippen LogP contribution in [0.1, 0.15) is 192 Å². The van der Waals surface area contributed by atoms with Crippen LogP contribution in [0.25, 0.3) is 11.4 Å². The van der Waals surface area contributed by atoms with Gasteiger partial charge in [-0.3, -0.25) is 9.59 Å². The van der Waals surface area contributed by atoms with Gasteiger partial charge in [-0.2, -0.15) is 0 Å². The molecule has 2 atom stereocenters. The molecule has 0 saturated heterocycles. The fourth-order valence-electron chi connectivity index (χ4n) is 8.40. The average Bonchev–Trinajstić information content (AvgIpc) is 3.96. The molecule has 290 valence electrons. The zero-order chi connectivity index (χ0) is 37.0. The van der Waals surface area contributed by atoms with Gasteiger partial charge in [-0.1, -0.05) is 168 Å².